The first-order chi connectivity index (χ1) is 17.2. The lowest BCUT2D eigenvalue weighted by atomic mass is 9.99. The fourth-order valence-corrected chi connectivity index (χ4v) is 3.96. The number of aliphatic hydroxyl groups excluding tert-OH is 4. The molecule has 194 valence electrons. The van der Waals surface area contributed by atoms with E-state index in [4.69, 9.17) is 28.1 Å². The highest BCUT2D eigenvalue weighted by Crippen LogP contribution is 2.42. The van der Waals surface area contributed by atoms with E-state index >= 15 is 0 Å². The Morgan fingerprint density at radius 3 is 2.25 bits per heavy atom. The number of hydrogen-bond acceptors (Lipinski definition) is 12. The Balaban J connectivity index is 1.70. The van der Waals surface area contributed by atoms with Crippen molar-refractivity contribution in [2.24, 2.45) is 0 Å². The molecule has 0 aliphatic carbocycles. The largest absolute Gasteiger partial charge is 0.504 e. The van der Waals surface area contributed by atoms with Crippen molar-refractivity contribution < 1.29 is 53.6 Å². The second kappa shape index (κ2) is 10.2. The van der Waals surface area contributed by atoms with Crippen LogP contribution in [0.5, 0.6) is 28.7 Å². The number of methoxy groups -OCH3 is 3. The molecule has 5 N–H and O–H groups in total. The van der Waals surface area contributed by atoms with Gasteiger partial charge in [-0.3, -0.25) is 4.79 Å². The maximum absolute atomic E-state index is 12.8. The van der Waals surface area contributed by atoms with Gasteiger partial charge in [-0.15, -0.1) is 0 Å². The van der Waals surface area contributed by atoms with E-state index in [2.05, 4.69) is 0 Å². The number of benzene rings is 2. The summed E-state index contributed by atoms with van der Waals surface area (Å²) in [5.41, 5.74) is -0.0418. The normalized spacial score (nSPS) is 23.9. The minimum atomic E-state index is -1.61. The minimum Gasteiger partial charge on any atom is -0.504 e. The molecular formula is C24H26O12. The molecular weight excluding hydrogens is 480 g/mol. The van der Waals surface area contributed by atoms with Crippen molar-refractivity contribution in [3.05, 3.63) is 40.6 Å². The van der Waals surface area contributed by atoms with Gasteiger partial charge in [-0.25, -0.2) is 0 Å². The Morgan fingerprint density at radius 2 is 1.61 bits per heavy atom. The number of hydrogen-bond donors (Lipinski definition) is 5. The Kier molecular flexibility index (Phi) is 7.24. The molecule has 0 saturated carbocycles. The van der Waals surface area contributed by atoms with Crippen molar-refractivity contribution in [1.82, 2.24) is 0 Å². The van der Waals surface area contributed by atoms with Crippen LogP contribution in [0, 0.1) is 0 Å². The van der Waals surface area contributed by atoms with Gasteiger partial charge >= 0.3 is 0 Å². The van der Waals surface area contributed by atoms with Gasteiger partial charge in [0, 0.05) is 17.7 Å². The molecule has 1 saturated heterocycles. The first kappa shape index (κ1) is 25.5. The molecule has 1 aromatic heterocycles. The van der Waals surface area contributed by atoms with E-state index in [0.717, 1.165) is 0 Å². The average molecular weight is 506 g/mol. The molecule has 36 heavy (non-hydrogen) atoms. The second-order valence-electron chi connectivity index (χ2n) is 7.99. The van der Waals surface area contributed by atoms with Crippen molar-refractivity contribution in [2.75, 3.05) is 27.9 Å². The number of ether oxygens (including phenoxy) is 5. The number of phenols is 1. The van der Waals surface area contributed by atoms with E-state index in [-0.39, 0.29) is 39.7 Å². The highest BCUT2D eigenvalue weighted by Gasteiger charge is 2.45. The maximum atomic E-state index is 12.8. The number of aliphatic hydroxyl groups is 4. The number of aromatic hydroxyl groups is 1. The zero-order chi connectivity index (χ0) is 26.1. The number of rotatable bonds is 7. The quantitative estimate of drug-likeness (QED) is 0.298. The molecule has 2 heterocycles. The van der Waals surface area contributed by atoms with Crippen molar-refractivity contribution in [3.8, 4) is 40.1 Å². The predicted octanol–water partition coefficient (Wildman–Crippen LogP) is 0.370. The summed E-state index contributed by atoms with van der Waals surface area (Å²) in [4.78, 5) is 12.8. The molecule has 0 radical (unpaired) electrons. The van der Waals surface area contributed by atoms with Crippen molar-refractivity contribution >= 4 is 11.0 Å². The summed E-state index contributed by atoms with van der Waals surface area (Å²) in [5.74, 6) is 0.190. The standard InChI is InChI=1S/C24H26O12/c1-31-14-6-10(4-5-12(14)35-24-22(30)21(29)19(27)17(9-25)36-24)13-7-11(26)18-15(34-13)8-16(32-2)23(33-3)20(18)28/h4-8,17,19,21-22,24-25,27-30H,9H2,1-3H3/t17-,19-,21+,22-,24-/m1/s1. The monoisotopic (exact) mass is 506 g/mol. The van der Waals surface area contributed by atoms with Crippen LogP contribution in [0.1, 0.15) is 0 Å². The van der Waals surface area contributed by atoms with Crippen LogP contribution in [0.2, 0.25) is 0 Å². The summed E-state index contributed by atoms with van der Waals surface area (Å²) in [7, 11) is 4.08. The Bertz CT molecular complexity index is 1300. The van der Waals surface area contributed by atoms with E-state index in [0.29, 0.717) is 5.56 Å². The lowest BCUT2D eigenvalue weighted by Crippen LogP contribution is -2.60. The van der Waals surface area contributed by atoms with Gasteiger partial charge in [0.25, 0.3) is 0 Å². The van der Waals surface area contributed by atoms with Crippen molar-refractivity contribution in [2.45, 2.75) is 30.7 Å². The maximum Gasteiger partial charge on any atom is 0.229 e. The van der Waals surface area contributed by atoms with Crippen LogP contribution in [0.4, 0.5) is 0 Å². The SMILES string of the molecule is COc1cc(-c2cc(=O)c3c(O)c(OC)c(OC)cc3o2)ccc1O[C@@H]1O[C@H](CO)[C@@H](O)[C@H](O)[C@H]1O. The molecule has 12 heteroatoms. The van der Waals surface area contributed by atoms with Crippen LogP contribution >= 0.6 is 0 Å². The van der Waals surface area contributed by atoms with E-state index in [1.54, 1.807) is 6.07 Å². The summed E-state index contributed by atoms with van der Waals surface area (Å²) >= 11 is 0. The fourth-order valence-electron chi connectivity index (χ4n) is 3.96. The minimum absolute atomic E-state index is 0.00131. The van der Waals surface area contributed by atoms with Gasteiger partial charge in [0.1, 0.15) is 41.1 Å². The van der Waals surface area contributed by atoms with E-state index in [1.807, 2.05) is 0 Å². The average Bonchev–Trinajstić information content (AvgIpc) is 2.88. The molecule has 0 bridgehead atoms. The molecule has 2 aromatic carbocycles. The second-order valence-corrected chi connectivity index (χ2v) is 7.99. The zero-order valence-corrected chi connectivity index (χ0v) is 19.6. The van der Waals surface area contributed by atoms with Gasteiger partial charge in [0.2, 0.25) is 12.0 Å². The lowest BCUT2D eigenvalue weighted by Gasteiger charge is -2.39. The van der Waals surface area contributed by atoms with Gasteiger partial charge < -0.3 is 53.6 Å². The van der Waals surface area contributed by atoms with Gasteiger partial charge in [-0.1, -0.05) is 0 Å². The van der Waals surface area contributed by atoms with Gasteiger partial charge in [0.15, 0.2) is 28.4 Å². The predicted molar refractivity (Wildman–Crippen MR) is 124 cm³/mol. The van der Waals surface area contributed by atoms with Gasteiger partial charge in [-0.05, 0) is 18.2 Å². The van der Waals surface area contributed by atoms with Crippen LogP contribution in [-0.4, -0.2) is 84.2 Å². The highest BCUT2D eigenvalue weighted by atomic mass is 16.7. The third kappa shape index (κ3) is 4.40. The van der Waals surface area contributed by atoms with Crippen LogP contribution in [0.25, 0.3) is 22.3 Å². The molecule has 4 rings (SSSR count). The molecule has 12 nitrogen and oxygen atoms in total. The molecule has 5 atom stereocenters. The van der Waals surface area contributed by atoms with Crippen LogP contribution in [-0.2, 0) is 4.74 Å². The Labute approximate surface area is 204 Å². The van der Waals surface area contributed by atoms with Gasteiger partial charge in [0.05, 0.1) is 27.9 Å². The summed E-state index contributed by atoms with van der Waals surface area (Å²) in [6.07, 6.45) is -7.29. The molecule has 0 spiro atoms. The van der Waals surface area contributed by atoms with Crippen LogP contribution in [0.15, 0.2) is 39.5 Å². The zero-order valence-electron chi connectivity index (χ0n) is 19.6. The molecule has 1 aliphatic heterocycles. The first-order valence-corrected chi connectivity index (χ1v) is 10.8. The third-order valence-electron chi connectivity index (χ3n) is 5.88. The summed E-state index contributed by atoms with van der Waals surface area (Å²) in [6, 6.07) is 7.13. The highest BCUT2D eigenvalue weighted by molar-refractivity contribution is 5.89. The molecule has 0 amide bonds. The molecule has 3 aromatic rings. The van der Waals surface area contributed by atoms with Crippen LogP contribution < -0.4 is 24.4 Å². The Hall–Kier alpha value is -3.55. The van der Waals surface area contributed by atoms with Crippen molar-refractivity contribution in [1.29, 1.82) is 0 Å². The molecule has 1 fully saturated rings. The van der Waals surface area contributed by atoms with Gasteiger partial charge in [-0.2, -0.15) is 0 Å². The number of fused-ring (bicyclic) bond motifs is 1. The van der Waals surface area contributed by atoms with Crippen molar-refractivity contribution in [3.63, 3.8) is 0 Å². The lowest BCUT2D eigenvalue weighted by molar-refractivity contribution is -0.277. The topological polar surface area (TPSA) is 178 Å². The third-order valence-corrected chi connectivity index (χ3v) is 5.88. The summed E-state index contributed by atoms with van der Waals surface area (Å²) in [6.45, 7) is -0.603. The summed E-state index contributed by atoms with van der Waals surface area (Å²) in [5, 5.41) is 49.9. The Morgan fingerprint density at radius 1 is 0.889 bits per heavy atom. The molecule has 1 aliphatic rings. The van der Waals surface area contributed by atoms with E-state index < -0.39 is 48.5 Å². The fraction of sp³-hybridized carbons (Fsp3) is 0.375. The van der Waals surface area contributed by atoms with Crippen LogP contribution in [0.3, 0.4) is 0 Å². The smallest absolute Gasteiger partial charge is 0.229 e. The molecule has 0 unspecified atom stereocenters. The van der Waals surface area contributed by atoms with E-state index in [9.17, 15) is 30.3 Å². The first-order valence-electron chi connectivity index (χ1n) is 10.8. The number of phenolic OH excluding ortho intramolecular Hbond substituents is 1. The summed E-state index contributed by atoms with van der Waals surface area (Å²) < 4.78 is 32.6. The van der Waals surface area contributed by atoms with E-state index in [1.165, 1.54) is 45.6 Å².